The van der Waals surface area contributed by atoms with E-state index in [4.69, 9.17) is 34.8 Å². The molecule has 8 nitrogen and oxygen atoms in total. The Morgan fingerprint density at radius 2 is 2.12 bits per heavy atom. The van der Waals surface area contributed by atoms with Crippen LogP contribution in [0.2, 0.25) is 10.0 Å². The molecule has 1 aromatic carbocycles. The van der Waals surface area contributed by atoms with Crippen LogP contribution in [0.25, 0.3) is 0 Å². The molecular weight excluding hydrogens is 499 g/mol. The zero-order chi connectivity index (χ0) is 24.8. The number of rotatable bonds is 6. The van der Waals surface area contributed by atoms with Crippen LogP contribution >= 0.6 is 34.8 Å². The van der Waals surface area contributed by atoms with E-state index in [0.29, 0.717) is 39.8 Å². The van der Waals surface area contributed by atoms with Crippen molar-refractivity contribution in [1.82, 2.24) is 20.9 Å². The fourth-order valence-electron chi connectivity index (χ4n) is 4.12. The molecule has 2 heterocycles. The maximum absolute atomic E-state index is 12.4. The normalized spacial score (nSPS) is 24.9. The van der Waals surface area contributed by atoms with Gasteiger partial charge in [-0.05, 0) is 64.1 Å². The lowest BCUT2D eigenvalue weighted by Crippen LogP contribution is -2.57. The number of amides is 1. The number of hydrogen-bond donors (Lipinski definition) is 4. The van der Waals surface area contributed by atoms with Crippen LogP contribution in [0.4, 0.5) is 0 Å². The molecule has 1 aromatic rings. The van der Waals surface area contributed by atoms with E-state index in [9.17, 15) is 9.90 Å². The molecule has 0 saturated carbocycles. The van der Waals surface area contributed by atoms with Gasteiger partial charge in [0.1, 0.15) is 5.82 Å². The van der Waals surface area contributed by atoms with Crippen molar-refractivity contribution in [2.45, 2.75) is 57.3 Å². The van der Waals surface area contributed by atoms with E-state index < -0.39 is 6.10 Å². The average molecular weight is 530 g/mol. The SMILES string of the molecule is C=N/C(=N\C(N[C@H](C)c1ccc(Cl)cc1Cl)=C(/C)Cl)N1CC[C@H](NC(=O)[C@H]2CCCN2)[C@H](O)C1. The minimum Gasteiger partial charge on any atom is -0.389 e. The number of aliphatic imine (C=N–C) groups is 2. The Hall–Kier alpha value is -1.84. The Morgan fingerprint density at radius 3 is 2.71 bits per heavy atom. The predicted molar refractivity (Wildman–Crippen MR) is 139 cm³/mol. The number of nitrogens with zero attached hydrogens (tertiary/aromatic N) is 3. The molecule has 0 unspecified atom stereocenters. The molecule has 186 valence electrons. The summed E-state index contributed by atoms with van der Waals surface area (Å²) in [6.07, 6.45) is 1.58. The van der Waals surface area contributed by atoms with Crippen LogP contribution in [0, 0.1) is 0 Å². The number of halogens is 3. The van der Waals surface area contributed by atoms with Crippen molar-refractivity contribution in [3.05, 3.63) is 44.7 Å². The zero-order valence-electron chi connectivity index (χ0n) is 19.3. The van der Waals surface area contributed by atoms with Crippen LogP contribution in [0.3, 0.4) is 0 Å². The van der Waals surface area contributed by atoms with Gasteiger partial charge in [-0.2, -0.15) is 4.99 Å². The number of hydrogen-bond acceptors (Lipinski definition) is 5. The van der Waals surface area contributed by atoms with Crippen LogP contribution in [0.1, 0.15) is 44.7 Å². The second kappa shape index (κ2) is 12.2. The van der Waals surface area contributed by atoms with Gasteiger partial charge in [-0.1, -0.05) is 40.9 Å². The number of guanidine groups is 1. The highest BCUT2D eigenvalue weighted by atomic mass is 35.5. The standard InChI is InChI=1S/C23H31Cl3N6O2/c1-13(24)21(29-14(2)16-7-6-15(25)11-17(16)26)31-23(27-3)32-10-8-18(20(33)12-32)30-22(34)19-5-4-9-28-19/h6-7,11,14,18-20,28-29,33H,3-5,8-10,12H2,1-2H3,(H,30,34)/b21-13+,31-23+/t14-,18+,19-,20-/m1/s1. The second-order valence-corrected chi connectivity index (χ2v) is 9.96. The number of nitrogens with one attached hydrogen (secondary N) is 3. The first-order chi connectivity index (χ1) is 16.2. The summed E-state index contributed by atoms with van der Waals surface area (Å²) in [5.41, 5.74) is 0.841. The van der Waals surface area contributed by atoms with Crippen molar-refractivity contribution < 1.29 is 9.90 Å². The van der Waals surface area contributed by atoms with Crippen LogP contribution in [-0.2, 0) is 4.79 Å². The van der Waals surface area contributed by atoms with E-state index in [1.807, 2.05) is 17.9 Å². The van der Waals surface area contributed by atoms with E-state index >= 15 is 0 Å². The van der Waals surface area contributed by atoms with E-state index in [1.54, 1.807) is 19.1 Å². The first-order valence-electron chi connectivity index (χ1n) is 11.3. The molecule has 0 spiro atoms. The van der Waals surface area contributed by atoms with Gasteiger partial charge in [0.15, 0.2) is 0 Å². The summed E-state index contributed by atoms with van der Waals surface area (Å²) in [5, 5.41) is 21.6. The number of benzene rings is 1. The fourth-order valence-corrected chi connectivity index (χ4v) is 4.79. The van der Waals surface area contributed by atoms with E-state index in [2.05, 4.69) is 32.7 Å². The fraction of sp³-hybridized carbons (Fsp3) is 0.522. The Bertz CT molecular complexity index is 960. The smallest absolute Gasteiger partial charge is 0.237 e. The second-order valence-electron chi connectivity index (χ2n) is 8.55. The van der Waals surface area contributed by atoms with Crippen LogP contribution in [0.5, 0.6) is 0 Å². The maximum Gasteiger partial charge on any atom is 0.237 e. The lowest BCUT2D eigenvalue weighted by atomic mass is 10.0. The highest BCUT2D eigenvalue weighted by molar-refractivity contribution is 6.35. The Labute approximate surface area is 215 Å². The van der Waals surface area contributed by atoms with Gasteiger partial charge in [0.05, 0.1) is 29.3 Å². The zero-order valence-corrected chi connectivity index (χ0v) is 21.6. The van der Waals surface area contributed by atoms with Crippen molar-refractivity contribution in [3.63, 3.8) is 0 Å². The number of allylic oxidation sites excluding steroid dienone is 1. The molecule has 4 atom stereocenters. The first-order valence-corrected chi connectivity index (χ1v) is 12.4. The highest BCUT2D eigenvalue weighted by Gasteiger charge is 2.32. The third-order valence-electron chi connectivity index (χ3n) is 6.03. The molecular formula is C23H31Cl3N6O2. The van der Waals surface area contributed by atoms with Gasteiger partial charge >= 0.3 is 0 Å². The van der Waals surface area contributed by atoms with Gasteiger partial charge in [-0.25, -0.2) is 4.99 Å². The number of aliphatic hydroxyl groups excluding tert-OH is 1. The van der Waals surface area contributed by atoms with Gasteiger partial charge in [-0.3, -0.25) is 4.79 Å². The van der Waals surface area contributed by atoms with Gasteiger partial charge < -0.3 is 26.0 Å². The first kappa shape index (κ1) is 26.8. The number of aliphatic hydroxyl groups is 1. The van der Waals surface area contributed by atoms with E-state index in [0.717, 1.165) is 24.9 Å². The number of likely N-dealkylation sites (tertiary alicyclic amines) is 1. The average Bonchev–Trinajstić information content (AvgIpc) is 3.33. The number of carbonyl (C=O) groups excluding carboxylic acids is 1. The molecule has 2 saturated heterocycles. The van der Waals surface area contributed by atoms with Crippen molar-refractivity contribution in [2.75, 3.05) is 19.6 Å². The summed E-state index contributed by atoms with van der Waals surface area (Å²) >= 11 is 18.7. The molecule has 11 heteroatoms. The lowest BCUT2D eigenvalue weighted by Gasteiger charge is -2.37. The molecule has 3 rings (SSSR count). The molecule has 2 aliphatic rings. The van der Waals surface area contributed by atoms with Crippen LogP contribution in [0.15, 0.2) is 39.0 Å². The number of carbonyl (C=O) groups is 1. The Kier molecular flexibility index (Phi) is 9.62. The van der Waals surface area contributed by atoms with Crippen molar-refractivity contribution in [1.29, 1.82) is 0 Å². The molecule has 34 heavy (non-hydrogen) atoms. The maximum atomic E-state index is 12.4. The summed E-state index contributed by atoms with van der Waals surface area (Å²) in [6.45, 7) is 8.95. The third kappa shape index (κ3) is 6.86. The molecule has 0 aliphatic carbocycles. The third-order valence-corrected chi connectivity index (χ3v) is 6.77. The van der Waals surface area contributed by atoms with Gasteiger partial charge in [0.2, 0.25) is 11.9 Å². The summed E-state index contributed by atoms with van der Waals surface area (Å²) in [6, 6.07) is 4.58. The van der Waals surface area contributed by atoms with Crippen molar-refractivity contribution >= 4 is 53.4 Å². The van der Waals surface area contributed by atoms with Gasteiger partial charge in [0.25, 0.3) is 0 Å². The molecule has 1 amide bonds. The van der Waals surface area contributed by atoms with E-state index in [-0.39, 0.29) is 30.6 Å². The molecule has 0 radical (unpaired) electrons. The quantitative estimate of drug-likeness (QED) is 0.334. The Morgan fingerprint density at radius 1 is 1.35 bits per heavy atom. The van der Waals surface area contributed by atoms with Gasteiger partial charge in [0, 0.05) is 23.1 Å². The number of β-amino-alcohol motifs (C(OH)–C–C–N with tert-alkyl or cyclic N) is 1. The van der Waals surface area contributed by atoms with E-state index in [1.165, 1.54) is 0 Å². The summed E-state index contributed by atoms with van der Waals surface area (Å²) in [4.78, 5) is 22.9. The molecule has 0 aromatic heterocycles. The highest BCUT2D eigenvalue weighted by Crippen LogP contribution is 2.27. The topological polar surface area (TPSA) is 101 Å². The molecule has 2 aliphatic heterocycles. The minimum absolute atomic E-state index is 0.0623. The number of piperidine rings is 1. The monoisotopic (exact) mass is 528 g/mol. The largest absolute Gasteiger partial charge is 0.389 e. The van der Waals surface area contributed by atoms with Crippen molar-refractivity contribution in [2.24, 2.45) is 9.98 Å². The van der Waals surface area contributed by atoms with Crippen LogP contribution in [-0.4, -0.2) is 66.4 Å². The summed E-state index contributed by atoms with van der Waals surface area (Å²) in [7, 11) is 0. The minimum atomic E-state index is -0.768. The molecule has 0 bridgehead atoms. The van der Waals surface area contributed by atoms with Crippen molar-refractivity contribution in [3.8, 4) is 0 Å². The lowest BCUT2D eigenvalue weighted by molar-refractivity contribution is -0.124. The molecule has 2 fully saturated rings. The molecule has 4 N–H and O–H groups in total. The van der Waals surface area contributed by atoms with Gasteiger partial charge in [-0.15, -0.1) is 0 Å². The summed E-state index contributed by atoms with van der Waals surface area (Å²) < 4.78 is 0. The summed E-state index contributed by atoms with van der Waals surface area (Å²) in [5.74, 6) is 0.686. The Balaban J connectivity index is 1.67. The predicted octanol–water partition coefficient (Wildman–Crippen LogP) is 3.43. The van der Waals surface area contributed by atoms with Crippen LogP contribution < -0.4 is 16.0 Å².